The number of H-pyrrole nitrogens is 1. The number of rotatable bonds is 13. The molecule has 2 aromatic heterocycles. The number of piperidine rings is 1. The highest BCUT2D eigenvalue weighted by Gasteiger charge is 2.58. The van der Waals surface area contributed by atoms with Gasteiger partial charge in [-0.05, 0) is 83.5 Å². The Hall–Kier alpha value is -3.26. The Bertz CT molecular complexity index is 1410. The number of benzene rings is 1. The Morgan fingerprint density at radius 2 is 1.95 bits per heavy atom. The average Bonchev–Trinajstić information content (AvgIpc) is 3.45. The molecular formula is C34H47N5O3. The first-order valence-corrected chi connectivity index (χ1v) is 15.8. The van der Waals surface area contributed by atoms with Crippen LogP contribution in [0.25, 0.3) is 22.2 Å². The SMILES string of the molecule is CCC(=O)CCCCC[C@H](NC(=O)[C@H]1CC12CCN(C(C)C)CC2)c1ncc(-c2cc3ccc(C)nc3cc2OC)[nH]1. The third-order valence-electron chi connectivity index (χ3n) is 9.55. The van der Waals surface area contributed by atoms with Gasteiger partial charge >= 0.3 is 0 Å². The average molecular weight is 574 g/mol. The summed E-state index contributed by atoms with van der Waals surface area (Å²) in [4.78, 5) is 40.8. The molecule has 3 heterocycles. The lowest BCUT2D eigenvalue weighted by Gasteiger charge is -2.35. The fraction of sp³-hybridized carbons (Fsp3) is 0.588. The fourth-order valence-corrected chi connectivity index (χ4v) is 6.61. The normalized spacial score (nSPS) is 18.9. The summed E-state index contributed by atoms with van der Waals surface area (Å²) >= 11 is 0. The molecule has 226 valence electrons. The topological polar surface area (TPSA) is 100 Å². The number of carbonyl (C=O) groups is 2. The Morgan fingerprint density at radius 1 is 1.17 bits per heavy atom. The summed E-state index contributed by atoms with van der Waals surface area (Å²) in [5, 5.41) is 4.42. The molecule has 1 amide bonds. The number of aromatic amines is 1. The number of hydrogen-bond acceptors (Lipinski definition) is 6. The molecule has 1 aliphatic heterocycles. The first-order chi connectivity index (χ1) is 20.2. The van der Waals surface area contributed by atoms with Gasteiger partial charge in [-0.2, -0.15) is 0 Å². The molecule has 8 heteroatoms. The standard InChI is InChI=1S/C34H47N5O3/c1-6-25(40)10-8-7-9-11-28(38-33(41)27-20-34(27)14-16-39(17-15-34)22(2)3)32-35-21-30(37-32)26-18-24-13-12-23(4)36-29(24)19-31(26)42-5/h12-13,18-19,21-22,27-28H,6-11,14-17,20H2,1-5H3,(H,35,37)(H,38,41)/t27-,28+/m1/s1. The van der Waals surface area contributed by atoms with Gasteiger partial charge < -0.3 is 19.9 Å². The van der Waals surface area contributed by atoms with Gasteiger partial charge in [0.25, 0.3) is 0 Å². The molecule has 0 bridgehead atoms. The van der Waals surface area contributed by atoms with Gasteiger partial charge in [0.2, 0.25) is 5.91 Å². The second kappa shape index (κ2) is 12.9. The summed E-state index contributed by atoms with van der Waals surface area (Å²) in [7, 11) is 1.67. The molecule has 1 aromatic carbocycles. The van der Waals surface area contributed by atoms with Gasteiger partial charge in [-0.3, -0.25) is 14.6 Å². The van der Waals surface area contributed by atoms with Crippen molar-refractivity contribution in [2.45, 2.75) is 97.6 Å². The lowest BCUT2D eigenvalue weighted by atomic mass is 9.90. The highest BCUT2D eigenvalue weighted by molar-refractivity contribution is 5.87. The molecule has 2 fully saturated rings. The van der Waals surface area contributed by atoms with Crippen molar-refractivity contribution < 1.29 is 14.3 Å². The smallest absolute Gasteiger partial charge is 0.224 e. The molecule has 1 saturated heterocycles. The summed E-state index contributed by atoms with van der Waals surface area (Å²) in [6.45, 7) is 10.6. The Balaban J connectivity index is 1.31. The number of ether oxygens (including phenoxy) is 1. The van der Waals surface area contributed by atoms with Crippen molar-refractivity contribution in [3.8, 4) is 17.0 Å². The van der Waals surface area contributed by atoms with Gasteiger partial charge in [0, 0.05) is 47.5 Å². The number of methoxy groups -OCH3 is 1. The first-order valence-electron chi connectivity index (χ1n) is 15.8. The van der Waals surface area contributed by atoms with Gasteiger partial charge in [0.15, 0.2) is 0 Å². The lowest BCUT2D eigenvalue weighted by Crippen LogP contribution is -2.41. The van der Waals surface area contributed by atoms with Crippen LogP contribution in [-0.4, -0.2) is 57.8 Å². The molecule has 1 aliphatic carbocycles. The molecule has 2 aliphatic rings. The van der Waals surface area contributed by atoms with Crippen LogP contribution in [0.1, 0.15) is 96.1 Å². The number of imidazole rings is 1. The molecule has 0 radical (unpaired) electrons. The Morgan fingerprint density at radius 3 is 2.67 bits per heavy atom. The van der Waals surface area contributed by atoms with Gasteiger partial charge in [-0.25, -0.2) is 4.98 Å². The third kappa shape index (κ3) is 6.69. The summed E-state index contributed by atoms with van der Waals surface area (Å²) in [5.74, 6) is 2.04. The highest BCUT2D eigenvalue weighted by Crippen LogP contribution is 2.59. The van der Waals surface area contributed by atoms with E-state index in [1.807, 2.05) is 32.2 Å². The summed E-state index contributed by atoms with van der Waals surface area (Å²) in [6, 6.07) is 8.46. The van der Waals surface area contributed by atoms with Crippen molar-refractivity contribution in [3.63, 3.8) is 0 Å². The second-order valence-electron chi connectivity index (χ2n) is 12.7. The van der Waals surface area contributed by atoms with Crippen molar-refractivity contribution in [3.05, 3.63) is 42.0 Å². The summed E-state index contributed by atoms with van der Waals surface area (Å²) in [5.41, 5.74) is 3.78. The van der Waals surface area contributed by atoms with Crippen LogP contribution >= 0.6 is 0 Å². The molecule has 2 N–H and O–H groups in total. The number of Topliss-reactive ketones (excluding diaryl/α,β-unsaturated/α-hetero) is 1. The number of fused-ring (bicyclic) bond motifs is 1. The predicted octanol–water partition coefficient (Wildman–Crippen LogP) is 6.54. The van der Waals surface area contributed by atoms with Gasteiger partial charge in [-0.1, -0.05) is 25.8 Å². The lowest BCUT2D eigenvalue weighted by molar-refractivity contribution is -0.124. The zero-order valence-electron chi connectivity index (χ0n) is 26.0. The monoisotopic (exact) mass is 573 g/mol. The number of unbranched alkanes of at least 4 members (excludes halogenated alkanes) is 2. The van der Waals surface area contributed by atoms with Crippen LogP contribution in [-0.2, 0) is 9.59 Å². The minimum atomic E-state index is -0.211. The van der Waals surface area contributed by atoms with E-state index in [-0.39, 0.29) is 23.3 Å². The van der Waals surface area contributed by atoms with E-state index in [1.165, 1.54) is 0 Å². The Kier molecular flexibility index (Phi) is 9.31. The number of aromatic nitrogens is 3. The van der Waals surface area contributed by atoms with Crippen molar-refractivity contribution in [2.75, 3.05) is 20.2 Å². The van der Waals surface area contributed by atoms with Crippen molar-refractivity contribution in [1.82, 2.24) is 25.2 Å². The molecule has 8 nitrogen and oxygen atoms in total. The molecule has 42 heavy (non-hydrogen) atoms. The van der Waals surface area contributed by atoms with Crippen LogP contribution in [0, 0.1) is 18.3 Å². The van der Waals surface area contributed by atoms with Crippen LogP contribution < -0.4 is 10.1 Å². The maximum atomic E-state index is 13.6. The van der Waals surface area contributed by atoms with E-state index >= 15 is 0 Å². The maximum Gasteiger partial charge on any atom is 0.224 e. The van der Waals surface area contributed by atoms with E-state index < -0.39 is 0 Å². The van der Waals surface area contributed by atoms with Crippen LogP contribution in [0.4, 0.5) is 0 Å². The molecular weight excluding hydrogens is 526 g/mol. The van der Waals surface area contributed by atoms with Crippen LogP contribution in [0.3, 0.4) is 0 Å². The van der Waals surface area contributed by atoms with Crippen LogP contribution in [0.2, 0.25) is 0 Å². The van der Waals surface area contributed by atoms with Crippen LogP contribution in [0.15, 0.2) is 30.5 Å². The first kappa shape index (κ1) is 30.2. The molecule has 1 saturated carbocycles. The number of amides is 1. The largest absolute Gasteiger partial charge is 0.496 e. The highest BCUT2D eigenvalue weighted by atomic mass is 16.5. The summed E-state index contributed by atoms with van der Waals surface area (Å²) < 4.78 is 5.74. The second-order valence-corrected chi connectivity index (χ2v) is 12.7. The number of aryl methyl sites for hydroxylation is 1. The molecule has 2 atom stereocenters. The number of ketones is 1. The number of pyridine rings is 1. The minimum Gasteiger partial charge on any atom is -0.496 e. The zero-order chi connectivity index (χ0) is 29.9. The number of hydrogen-bond donors (Lipinski definition) is 2. The van der Waals surface area contributed by atoms with Gasteiger partial charge in [0.05, 0.1) is 30.6 Å². The molecule has 1 spiro atoms. The number of nitrogens with zero attached hydrogens (tertiary/aromatic N) is 3. The fourth-order valence-electron chi connectivity index (χ4n) is 6.61. The van der Waals surface area contributed by atoms with E-state index in [0.29, 0.717) is 24.7 Å². The van der Waals surface area contributed by atoms with E-state index in [4.69, 9.17) is 9.72 Å². The van der Waals surface area contributed by atoms with E-state index in [9.17, 15) is 9.59 Å². The third-order valence-corrected chi connectivity index (χ3v) is 9.55. The molecule has 5 rings (SSSR count). The van der Waals surface area contributed by atoms with Gasteiger partial charge in [-0.15, -0.1) is 0 Å². The van der Waals surface area contributed by atoms with Crippen LogP contribution in [0.5, 0.6) is 5.75 Å². The number of likely N-dealkylation sites (tertiary alicyclic amines) is 1. The van der Waals surface area contributed by atoms with Crippen molar-refractivity contribution in [2.24, 2.45) is 11.3 Å². The minimum absolute atomic E-state index is 0.0856. The number of nitrogens with one attached hydrogen (secondary N) is 2. The maximum absolute atomic E-state index is 13.6. The predicted molar refractivity (Wildman–Crippen MR) is 166 cm³/mol. The van der Waals surface area contributed by atoms with Crippen molar-refractivity contribution in [1.29, 1.82) is 0 Å². The molecule has 0 unspecified atom stereocenters. The van der Waals surface area contributed by atoms with Gasteiger partial charge in [0.1, 0.15) is 17.4 Å². The van der Waals surface area contributed by atoms with E-state index in [0.717, 1.165) is 97.5 Å². The molecule has 3 aromatic rings. The van der Waals surface area contributed by atoms with E-state index in [2.05, 4.69) is 46.2 Å². The van der Waals surface area contributed by atoms with Crippen molar-refractivity contribution >= 4 is 22.6 Å². The Labute approximate surface area is 250 Å². The van der Waals surface area contributed by atoms with E-state index in [1.54, 1.807) is 7.11 Å². The quantitative estimate of drug-likeness (QED) is 0.225. The summed E-state index contributed by atoms with van der Waals surface area (Å²) in [6.07, 6.45) is 9.78. The number of carbonyl (C=O) groups excluding carboxylic acids is 2. The zero-order valence-corrected chi connectivity index (χ0v) is 26.0.